The van der Waals surface area contributed by atoms with Gasteiger partial charge in [-0.05, 0) is 56.3 Å². The van der Waals surface area contributed by atoms with Crippen LogP contribution < -0.4 is 0 Å². The van der Waals surface area contributed by atoms with Crippen molar-refractivity contribution in [2.45, 2.75) is 44.6 Å². The molecule has 1 aromatic rings. The number of likely N-dealkylation sites (tertiary alicyclic amines) is 1. The molecular formula is C17H21F2NO. The Morgan fingerprint density at radius 2 is 1.90 bits per heavy atom. The highest BCUT2D eigenvalue weighted by Crippen LogP contribution is 2.35. The number of fused-ring (bicyclic) bond motifs is 1. The summed E-state index contributed by atoms with van der Waals surface area (Å²) >= 11 is 0. The van der Waals surface area contributed by atoms with E-state index < -0.39 is 11.6 Å². The maximum absolute atomic E-state index is 13.7. The SMILES string of the molecule is O=C(CN1CCC[C@H]2CCCC[C@H]21)c1cc(F)ccc1F. The van der Waals surface area contributed by atoms with Crippen LogP contribution in [0.4, 0.5) is 8.78 Å². The largest absolute Gasteiger partial charge is 0.293 e. The zero-order chi connectivity index (χ0) is 14.8. The number of halogens is 2. The number of carbonyl (C=O) groups is 1. The lowest BCUT2D eigenvalue weighted by Gasteiger charge is -2.43. The second kappa shape index (κ2) is 6.22. The molecule has 2 fully saturated rings. The van der Waals surface area contributed by atoms with E-state index in [9.17, 15) is 13.6 Å². The van der Waals surface area contributed by atoms with E-state index in [1.54, 1.807) is 0 Å². The lowest BCUT2D eigenvalue weighted by atomic mass is 9.78. The molecule has 2 aliphatic rings. The van der Waals surface area contributed by atoms with E-state index >= 15 is 0 Å². The van der Waals surface area contributed by atoms with Gasteiger partial charge in [0.1, 0.15) is 11.6 Å². The molecule has 2 atom stereocenters. The van der Waals surface area contributed by atoms with E-state index in [4.69, 9.17) is 0 Å². The van der Waals surface area contributed by atoms with E-state index in [1.807, 2.05) is 0 Å². The average Bonchev–Trinajstić information content (AvgIpc) is 2.50. The van der Waals surface area contributed by atoms with Crippen molar-refractivity contribution in [3.05, 3.63) is 35.4 Å². The van der Waals surface area contributed by atoms with Crippen molar-refractivity contribution in [2.24, 2.45) is 5.92 Å². The number of rotatable bonds is 3. The Labute approximate surface area is 124 Å². The Morgan fingerprint density at radius 3 is 2.76 bits per heavy atom. The monoisotopic (exact) mass is 293 g/mol. The van der Waals surface area contributed by atoms with Gasteiger partial charge in [-0.15, -0.1) is 0 Å². The predicted octanol–water partition coefficient (Wildman–Crippen LogP) is 3.80. The molecule has 0 amide bonds. The summed E-state index contributed by atoms with van der Waals surface area (Å²) in [6.07, 6.45) is 7.19. The van der Waals surface area contributed by atoms with Gasteiger partial charge in [0.2, 0.25) is 0 Å². The molecule has 1 aromatic carbocycles. The van der Waals surface area contributed by atoms with Gasteiger partial charge in [-0.2, -0.15) is 0 Å². The van der Waals surface area contributed by atoms with Gasteiger partial charge in [0.15, 0.2) is 5.78 Å². The summed E-state index contributed by atoms with van der Waals surface area (Å²) in [4.78, 5) is 14.5. The molecule has 0 spiro atoms. The standard InChI is InChI=1S/C17H21F2NO/c18-13-7-8-15(19)14(10-13)17(21)11-20-9-3-5-12-4-1-2-6-16(12)20/h7-8,10,12,16H,1-6,9,11H2/t12-,16-/m1/s1. The van der Waals surface area contributed by atoms with Crippen molar-refractivity contribution in [2.75, 3.05) is 13.1 Å². The van der Waals surface area contributed by atoms with Gasteiger partial charge >= 0.3 is 0 Å². The first-order valence-corrected chi connectivity index (χ1v) is 7.87. The Morgan fingerprint density at radius 1 is 1.14 bits per heavy atom. The fraction of sp³-hybridized carbons (Fsp3) is 0.588. The van der Waals surface area contributed by atoms with Crippen molar-refractivity contribution in [3.63, 3.8) is 0 Å². The van der Waals surface area contributed by atoms with Gasteiger partial charge in [0, 0.05) is 6.04 Å². The molecule has 0 N–H and O–H groups in total. The maximum atomic E-state index is 13.7. The molecule has 1 heterocycles. The zero-order valence-electron chi connectivity index (χ0n) is 12.2. The summed E-state index contributed by atoms with van der Waals surface area (Å²) in [7, 11) is 0. The summed E-state index contributed by atoms with van der Waals surface area (Å²) in [6, 6.07) is 3.54. The smallest absolute Gasteiger partial charge is 0.179 e. The molecule has 0 bridgehead atoms. The highest BCUT2D eigenvalue weighted by molar-refractivity contribution is 5.97. The summed E-state index contributed by atoms with van der Waals surface area (Å²) in [5, 5.41) is 0. The number of carbonyl (C=O) groups excluding carboxylic acids is 1. The number of nitrogens with zero attached hydrogens (tertiary/aromatic N) is 1. The van der Waals surface area contributed by atoms with Gasteiger partial charge < -0.3 is 0 Å². The third-order valence-corrected chi connectivity index (χ3v) is 4.93. The van der Waals surface area contributed by atoms with Gasteiger partial charge in [0.05, 0.1) is 12.1 Å². The molecule has 1 aliphatic carbocycles. The summed E-state index contributed by atoms with van der Waals surface area (Å²) in [5.41, 5.74) is -0.118. The lowest BCUT2D eigenvalue weighted by Crippen LogP contribution is -2.48. The van der Waals surface area contributed by atoms with Gasteiger partial charge in [-0.25, -0.2) is 8.78 Å². The third-order valence-electron chi connectivity index (χ3n) is 4.93. The first kappa shape index (κ1) is 14.6. The van der Waals surface area contributed by atoms with E-state index in [2.05, 4.69) is 4.90 Å². The van der Waals surface area contributed by atoms with Crippen LogP contribution in [0.15, 0.2) is 18.2 Å². The van der Waals surface area contributed by atoms with Crippen LogP contribution in [-0.4, -0.2) is 29.8 Å². The number of hydrogen-bond donors (Lipinski definition) is 0. The Balaban J connectivity index is 1.72. The Hall–Kier alpha value is -1.29. The summed E-state index contributed by atoms with van der Waals surface area (Å²) in [5.74, 6) is -0.816. The minimum Gasteiger partial charge on any atom is -0.293 e. The quantitative estimate of drug-likeness (QED) is 0.790. The molecule has 114 valence electrons. The van der Waals surface area contributed by atoms with Crippen LogP contribution in [-0.2, 0) is 0 Å². The van der Waals surface area contributed by atoms with Crippen LogP contribution in [0.1, 0.15) is 48.9 Å². The molecule has 1 aliphatic heterocycles. The molecule has 0 radical (unpaired) electrons. The molecule has 3 rings (SSSR count). The fourth-order valence-corrected chi connectivity index (χ4v) is 3.91. The first-order valence-electron chi connectivity index (χ1n) is 7.87. The summed E-state index contributed by atoms with van der Waals surface area (Å²) < 4.78 is 26.9. The number of piperidine rings is 1. The second-order valence-corrected chi connectivity index (χ2v) is 6.27. The van der Waals surface area contributed by atoms with Crippen molar-refractivity contribution in [3.8, 4) is 0 Å². The molecule has 1 saturated carbocycles. The highest BCUT2D eigenvalue weighted by atomic mass is 19.1. The van der Waals surface area contributed by atoms with Crippen LogP contribution >= 0.6 is 0 Å². The molecular weight excluding hydrogens is 272 g/mol. The fourth-order valence-electron chi connectivity index (χ4n) is 3.91. The Bertz CT molecular complexity index is 530. The van der Waals surface area contributed by atoms with Crippen LogP contribution in [0, 0.1) is 17.6 Å². The first-order chi connectivity index (χ1) is 10.1. The number of Topliss-reactive ketones (excluding diaryl/α,β-unsaturated/α-hetero) is 1. The third kappa shape index (κ3) is 3.15. The van der Waals surface area contributed by atoms with Gasteiger partial charge in [0.25, 0.3) is 0 Å². The van der Waals surface area contributed by atoms with Crippen molar-refractivity contribution >= 4 is 5.78 Å². The zero-order valence-corrected chi connectivity index (χ0v) is 12.2. The second-order valence-electron chi connectivity index (χ2n) is 6.27. The molecule has 4 heteroatoms. The van der Waals surface area contributed by atoms with Crippen LogP contribution in [0.3, 0.4) is 0 Å². The molecule has 0 unspecified atom stereocenters. The van der Waals surface area contributed by atoms with Gasteiger partial charge in [-0.1, -0.05) is 12.8 Å². The lowest BCUT2D eigenvalue weighted by molar-refractivity contribution is 0.0537. The highest BCUT2D eigenvalue weighted by Gasteiger charge is 2.34. The van der Waals surface area contributed by atoms with Crippen LogP contribution in [0.5, 0.6) is 0 Å². The van der Waals surface area contributed by atoms with E-state index in [0.717, 1.165) is 37.6 Å². The molecule has 21 heavy (non-hydrogen) atoms. The van der Waals surface area contributed by atoms with Crippen molar-refractivity contribution in [1.82, 2.24) is 4.90 Å². The van der Waals surface area contributed by atoms with Crippen molar-refractivity contribution in [1.29, 1.82) is 0 Å². The van der Waals surface area contributed by atoms with Gasteiger partial charge in [-0.3, -0.25) is 9.69 Å². The topological polar surface area (TPSA) is 20.3 Å². The predicted molar refractivity (Wildman–Crippen MR) is 77.2 cm³/mol. The van der Waals surface area contributed by atoms with E-state index in [0.29, 0.717) is 12.0 Å². The maximum Gasteiger partial charge on any atom is 0.179 e. The molecule has 1 saturated heterocycles. The molecule has 0 aromatic heterocycles. The minimum atomic E-state index is -0.626. The number of benzene rings is 1. The van der Waals surface area contributed by atoms with E-state index in [1.165, 1.54) is 25.7 Å². The van der Waals surface area contributed by atoms with E-state index in [-0.39, 0.29) is 17.9 Å². The number of hydrogen-bond acceptors (Lipinski definition) is 2. The van der Waals surface area contributed by atoms with Crippen molar-refractivity contribution < 1.29 is 13.6 Å². The van der Waals surface area contributed by atoms with Crippen LogP contribution in [0.25, 0.3) is 0 Å². The van der Waals surface area contributed by atoms with Crippen LogP contribution in [0.2, 0.25) is 0 Å². The molecule has 2 nitrogen and oxygen atoms in total. The average molecular weight is 293 g/mol. The summed E-state index contributed by atoms with van der Waals surface area (Å²) in [6.45, 7) is 1.10. The minimum absolute atomic E-state index is 0.118. The number of ketones is 1. The Kier molecular flexibility index (Phi) is 4.34. The normalized spacial score (nSPS) is 26.4.